The molecule has 0 N–H and O–H groups in total. The fraction of sp³-hybridized carbons (Fsp3) is 0.143. The molecular weight excluding hydrogens is 192 g/mol. The van der Waals surface area contributed by atoms with Crippen LogP contribution in [0.2, 0.25) is 0 Å². The minimum absolute atomic E-state index is 0.0839. The van der Waals surface area contributed by atoms with Crippen LogP contribution < -0.4 is 11.3 Å². The molecule has 0 fully saturated rings. The van der Waals surface area contributed by atoms with Crippen LogP contribution in [0, 0.1) is 0 Å². The molecule has 1 aliphatic rings. The first kappa shape index (κ1) is 8.42. The number of hydrogen-bond acceptors (Lipinski definition) is 6. The van der Waals surface area contributed by atoms with Gasteiger partial charge in [0.25, 0.3) is 5.91 Å². The molecule has 0 saturated carbocycles. The Labute approximate surface area is 75.9 Å². The van der Waals surface area contributed by atoms with Gasteiger partial charge in [-0.05, 0) is 4.85 Å². The van der Waals surface area contributed by atoms with E-state index in [4.69, 9.17) is 0 Å². The first-order valence-corrected chi connectivity index (χ1v) is 3.67. The van der Waals surface area contributed by atoms with Crippen LogP contribution in [0.4, 0.5) is 0 Å². The number of fused-ring (bicyclic) bond motifs is 2. The maximum atomic E-state index is 11.0. The van der Waals surface area contributed by atoms with Crippen LogP contribution in [0.15, 0.2) is 30.7 Å². The van der Waals surface area contributed by atoms with Crippen molar-refractivity contribution in [1.82, 2.24) is 9.95 Å². The first-order chi connectivity index (χ1) is 6.65. The van der Waals surface area contributed by atoms with Gasteiger partial charge in [-0.3, -0.25) is 4.79 Å². The lowest BCUT2D eigenvalue weighted by Gasteiger charge is -1.84. The zero-order valence-corrected chi connectivity index (χ0v) is 6.80. The average molecular weight is 196 g/mol. The third kappa shape index (κ3) is 1.47. The highest BCUT2D eigenvalue weighted by atomic mass is 16.5. The average Bonchev–Trinajstić information content (AvgIpc) is 2.45. The van der Waals surface area contributed by atoms with Crippen LogP contribution in [0.1, 0.15) is 10.7 Å². The SMILES string of the molecule is O=C1Cc2nn1oc(=O)ccc(=O)o2. The number of nitrogens with zero attached hydrogens (tertiary/aromatic N) is 2. The predicted molar refractivity (Wildman–Crippen MR) is 41.3 cm³/mol. The Morgan fingerprint density at radius 2 is 1.93 bits per heavy atom. The van der Waals surface area contributed by atoms with Gasteiger partial charge in [-0.25, -0.2) is 9.59 Å². The van der Waals surface area contributed by atoms with Gasteiger partial charge in [0.1, 0.15) is 6.42 Å². The molecule has 0 amide bonds. The molecular formula is C7H4N2O5. The third-order valence-electron chi connectivity index (χ3n) is 1.47. The molecule has 7 nitrogen and oxygen atoms in total. The van der Waals surface area contributed by atoms with E-state index in [0.717, 1.165) is 12.1 Å². The van der Waals surface area contributed by atoms with Gasteiger partial charge in [-0.15, -0.1) is 0 Å². The molecule has 0 aromatic carbocycles. The number of hydrogen-bond donors (Lipinski definition) is 0. The highest BCUT2D eigenvalue weighted by Gasteiger charge is 2.18. The topological polar surface area (TPSA) is 95.3 Å². The summed E-state index contributed by atoms with van der Waals surface area (Å²) in [4.78, 5) is 33.3. The van der Waals surface area contributed by atoms with E-state index < -0.39 is 17.2 Å². The smallest absolute Gasteiger partial charge is 0.358 e. The Morgan fingerprint density at radius 1 is 1.21 bits per heavy atom. The van der Waals surface area contributed by atoms with Crippen molar-refractivity contribution in [3.05, 3.63) is 38.9 Å². The van der Waals surface area contributed by atoms with Gasteiger partial charge >= 0.3 is 11.3 Å². The fourth-order valence-corrected chi connectivity index (χ4v) is 0.919. The van der Waals surface area contributed by atoms with Crippen LogP contribution in [0.3, 0.4) is 0 Å². The maximum Gasteiger partial charge on any atom is 0.358 e. The zero-order valence-electron chi connectivity index (χ0n) is 6.80. The first-order valence-electron chi connectivity index (χ1n) is 3.67. The summed E-state index contributed by atoms with van der Waals surface area (Å²) in [6, 6.07) is 1.75. The summed E-state index contributed by atoms with van der Waals surface area (Å²) in [6.07, 6.45) is -0.188. The Bertz CT molecular complexity index is 548. The van der Waals surface area contributed by atoms with E-state index in [1.807, 2.05) is 0 Å². The molecule has 14 heavy (non-hydrogen) atoms. The highest BCUT2D eigenvalue weighted by Crippen LogP contribution is 1.98. The number of carbonyl (C=O) groups excluding carboxylic acids is 1. The Balaban J connectivity index is 2.87. The molecule has 1 aromatic heterocycles. The van der Waals surface area contributed by atoms with Gasteiger partial charge in [0.15, 0.2) is 0 Å². The van der Waals surface area contributed by atoms with Crippen LogP contribution in [-0.2, 0) is 6.42 Å². The Kier molecular flexibility index (Phi) is 1.77. The lowest BCUT2D eigenvalue weighted by atomic mass is 10.4. The van der Waals surface area contributed by atoms with Gasteiger partial charge in [0.2, 0.25) is 5.89 Å². The molecule has 1 aliphatic heterocycles. The second-order valence-corrected chi connectivity index (χ2v) is 2.50. The molecule has 0 radical (unpaired) electrons. The number of aromatic nitrogens is 2. The molecule has 2 heterocycles. The van der Waals surface area contributed by atoms with E-state index in [9.17, 15) is 14.4 Å². The molecule has 0 unspecified atom stereocenters. The van der Waals surface area contributed by atoms with Crippen molar-refractivity contribution in [2.24, 2.45) is 0 Å². The summed E-state index contributed by atoms with van der Waals surface area (Å²) in [5, 5.41) is 3.46. The molecule has 0 saturated heterocycles. The second kappa shape index (κ2) is 2.95. The number of rotatable bonds is 0. The fourth-order valence-electron chi connectivity index (χ4n) is 0.919. The lowest BCUT2D eigenvalue weighted by molar-refractivity contribution is 0.0762. The van der Waals surface area contributed by atoms with E-state index in [2.05, 4.69) is 14.0 Å². The van der Waals surface area contributed by atoms with Crippen LogP contribution in [-0.4, -0.2) is 15.9 Å². The largest absolute Gasteiger partial charge is 0.406 e. The van der Waals surface area contributed by atoms with Crippen molar-refractivity contribution < 1.29 is 13.7 Å². The van der Waals surface area contributed by atoms with Gasteiger partial charge in [-0.1, -0.05) is 5.10 Å². The number of carbonyl (C=O) groups is 1. The molecule has 0 spiro atoms. The van der Waals surface area contributed by atoms with Gasteiger partial charge in [0, 0.05) is 12.1 Å². The summed E-state index contributed by atoms with van der Waals surface area (Å²) < 4.78 is 9.07. The molecule has 2 rings (SSSR count). The maximum absolute atomic E-state index is 11.0. The Morgan fingerprint density at radius 3 is 2.71 bits per heavy atom. The summed E-state index contributed by atoms with van der Waals surface area (Å²) in [7, 11) is 0. The molecule has 72 valence electrons. The van der Waals surface area contributed by atoms with Crippen molar-refractivity contribution in [3.8, 4) is 0 Å². The van der Waals surface area contributed by atoms with Crippen molar-refractivity contribution in [3.63, 3.8) is 0 Å². The van der Waals surface area contributed by atoms with Crippen LogP contribution in [0.5, 0.6) is 0 Å². The highest BCUT2D eigenvalue weighted by molar-refractivity contribution is 5.79. The van der Waals surface area contributed by atoms with Crippen molar-refractivity contribution >= 4 is 5.91 Å². The second-order valence-electron chi connectivity index (χ2n) is 2.50. The van der Waals surface area contributed by atoms with E-state index in [1.165, 1.54) is 0 Å². The molecule has 7 heteroatoms. The standard InChI is InChI=1S/C7H4N2O5/c10-5-3-4-8-9(5)14-7(12)2-1-6(11)13-4/h1-2H,3H2. The van der Waals surface area contributed by atoms with Crippen molar-refractivity contribution in [1.29, 1.82) is 0 Å². The van der Waals surface area contributed by atoms with Crippen molar-refractivity contribution in [2.45, 2.75) is 6.42 Å². The van der Waals surface area contributed by atoms with Crippen LogP contribution >= 0.6 is 0 Å². The van der Waals surface area contributed by atoms with E-state index in [-0.39, 0.29) is 12.3 Å². The normalized spacial score (nSPS) is 12.7. The monoisotopic (exact) mass is 196 g/mol. The lowest BCUT2D eigenvalue weighted by Crippen LogP contribution is -2.11. The minimum Gasteiger partial charge on any atom is -0.406 e. The predicted octanol–water partition coefficient (Wildman–Crippen LogP) is -0.890. The summed E-state index contributed by atoms with van der Waals surface area (Å²) in [5.74, 6) is -0.643. The van der Waals surface area contributed by atoms with Crippen molar-refractivity contribution in [2.75, 3.05) is 0 Å². The van der Waals surface area contributed by atoms with Crippen LogP contribution in [0.25, 0.3) is 0 Å². The zero-order chi connectivity index (χ0) is 10.1. The van der Waals surface area contributed by atoms with Gasteiger partial charge < -0.3 is 8.94 Å². The minimum atomic E-state index is -0.859. The molecule has 0 aliphatic carbocycles. The van der Waals surface area contributed by atoms with E-state index >= 15 is 0 Å². The third-order valence-corrected chi connectivity index (χ3v) is 1.47. The molecule has 2 bridgehead atoms. The summed E-state index contributed by atoms with van der Waals surface area (Å²) in [6.45, 7) is 0. The molecule has 1 aromatic rings. The van der Waals surface area contributed by atoms with E-state index in [1.54, 1.807) is 0 Å². The summed E-state index contributed by atoms with van der Waals surface area (Å²) in [5.41, 5.74) is -1.63. The quantitative estimate of drug-likeness (QED) is 0.534. The summed E-state index contributed by atoms with van der Waals surface area (Å²) >= 11 is 0. The van der Waals surface area contributed by atoms with Gasteiger partial charge in [-0.2, -0.15) is 0 Å². The van der Waals surface area contributed by atoms with Gasteiger partial charge in [0.05, 0.1) is 0 Å². The Hall–Kier alpha value is -2.18. The molecule has 0 atom stereocenters. The van der Waals surface area contributed by atoms with E-state index in [0.29, 0.717) is 4.85 Å².